The molecule has 0 aromatic carbocycles. The lowest BCUT2D eigenvalue weighted by Gasteiger charge is -2.11. The number of carbonyl (C=O) groups is 1. The Morgan fingerprint density at radius 2 is 1.95 bits per heavy atom. The van der Waals surface area contributed by atoms with Crippen molar-refractivity contribution < 1.29 is 18.3 Å². The normalized spacial score (nSPS) is 11.3. The monoisotopic (exact) mass is 288 g/mol. The van der Waals surface area contributed by atoms with Crippen LogP contribution in [0, 0.1) is 13.8 Å². The second-order valence-corrected chi connectivity index (χ2v) is 5.93. The van der Waals surface area contributed by atoms with Crippen molar-refractivity contribution in [1.29, 1.82) is 0 Å². The van der Waals surface area contributed by atoms with Crippen molar-refractivity contribution >= 4 is 21.8 Å². The lowest BCUT2D eigenvalue weighted by atomic mass is 10.1. The van der Waals surface area contributed by atoms with Crippen LogP contribution in [0.25, 0.3) is 0 Å². The van der Waals surface area contributed by atoms with E-state index >= 15 is 0 Å². The molecule has 0 fully saturated rings. The second-order valence-electron chi connectivity index (χ2n) is 3.89. The first-order valence-electron chi connectivity index (χ1n) is 5.50. The topological polar surface area (TPSA) is 121 Å². The van der Waals surface area contributed by atoms with Crippen molar-refractivity contribution in [2.24, 2.45) is 0 Å². The first-order valence-corrected chi connectivity index (χ1v) is 7.16. The summed E-state index contributed by atoms with van der Waals surface area (Å²) < 4.78 is 24.6. The molecule has 0 aliphatic rings. The maximum atomic E-state index is 11.2. The molecule has 9 heteroatoms. The molecular weight excluding hydrogens is 272 g/mol. The van der Waals surface area contributed by atoms with Gasteiger partial charge in [0.1, 0.15) is 5.56 Å². The van der Waals surface area contributed by atoms with Gasteiger partial charge < -0.3 is 10.4 Å². The maximum Gasteiger partial charge on any atom is 0.339 e. The van der Waals surface area contributed by atoms with Gasteiger partial charge in [-0.1, -0.05) is 0 Å². The van der Waals surface area contributed by atoms with Gasteiger partial charge in [-0.05, 0) is 26.5 Å². The number of rotatable bonds is 6. The average molecular weight is 288 g/mol. The summed E-state index contributed by atoms with van der Waals surface area (Å²) in [6, 6.07) is 0. The van der Waals surface area contributed by atoms with Gasteiger partial charge in [0.15, 0.2) is 5.82 Å². The predicted molar refractivity (Wildman–Crippen MR) is 69.8 cm³/mol. The number of nitrogens with zero attached hydrogens (tertiary/aromatic N) is 2. The average Bonchev–Trinajstić information content (AvgIpc) is 2.33. The third-order valence-corrected chi connectivity index (χ3v) is 4.01. The minimum absolute atomic E-state index is 0.00866. The van der Waals surface area contributed by atoms with Gasteiger partial charge >= 0.3 is 5.97 Å². The number of sulfonamides is 1. The molecule has 1 aromatic heterocycles. The summed E-state index contributed by atoms with van der Waals surface area (Å²) >= 11 is 0. The van der Waals surface area contributed by atoms with Crippen LogP contribution in [0.1, 0.15) is 21.6 Å². The van der Waals surface area contributed by atoms with Crippen LogP contribution in [0.5, 0.6) is 0 Å². The van der Waals surface area contributed by atoms with Crippen LogP contribution in [-0.4, -0.2) is 49.0 Å². The van der Waals surface area contributed by atoms with E-state index in [2.05, 4.69) is 20.2 Å². The van der Waals surface area contributed by atoms with Crippen LogP contribution < -0.4 is 10.0 Å². The Kier molecular flexibility index (Phi) is 4.78. The van der Waals surface area contributed by atoms with Crippen molar-refractivity contribution in [1.82, 2.24) is 14.9 Å². The summed E-state index contributed by atoms with van der Waals surface area (Å²) in [6.07, 6.45) is 0. The van der Waals surface area contributed by atoms with Crippen LogP contribution >= 0.6 is 0 Å². The zero-order chi connectivity index (χ0) is 14.6. The first-order chi connectivity index (χ1) is 8.78. The molecule has 0 bridgehead atoms. The number of hydrogen-bond acceptors (Lipinski definition) is 6. The predicted octanol–water partition coefficient (Wildman–Crippen LogP) is -0.247. The molecular formula is C10H16N4O4S. The lowest BCUT2D eigenvalue weighted by Crippen LogP contribution is -2.27. The molecule has 0 unspecified atom stereocenters. The zero-order valence-electron chi connectivity index (χ0n) is 10.9. The van der Waals surface area contributed by atoms with Gasteiger partial charge in [0.05, 0.1) is 11.4 Å². The summed E-state index contributed by atoms with van der Waals surface area (Å²) in [5.74, 6) is -1.24. The van der Waals surface area contributed by atoms with E-state index in [1.807, 2.05) is 0 Å². The van der Waals surface area contributed by atoms with Gasteiger partial charge in [0.2, 0.25) is 10.0 Å². The third-order valence-electron chi connectivity index (χ3n) is 2.64. The van der Waals surface area contributed by atoms with Crippen molar-refractivity contribution in [2.45, 2.75) is 13.8 Å². The minimum Gasteiger partial charge on any atom is -0.478 e. The molecule has 1 rings (SSSR count). The first kappa shape index (κ1) is 15.3. The molecule has 0 atom stereocenters. The fourth-order valence-corrected chi connectivity index (χ4v) is 1.97. The number of carboxylic acid groups (broad SMARTS) is 1. The Morgan fingerprint density at radius 1 is 1.32 bits per heavy atom. The summed E-state index contributed by atoms with van der Waals surface area (Å²) in [4.78, 5) is 11.2. The maximum absolute atomic E-state index is 11.2. The summed E-state index contributed by atoms with van der Waals surface area (Å²) in [6.45, 7) is 3.33. The molecule has 0 saturated heterocycles. The fourth-order valence-electron chi connectivity index (χ4n) is 1.40. The highest BCUT2D eigenvalue weighted by molar-refractivity contribution is 7.89. The van der Waals surface area contributed by atoms with E-state index in [1.54, 1.807) is 13.8 Å². The minimum atomic E-state index is -3.35. The third kappa shape index (κ3) is 3.86. The Labute approximate surface area is 111 Å². The van der Waals surface area contributed by atoms with E-state index in [-0.39, 0.29) is 23.7 Å². The highest BCUT2D eigenvalue weighted by atomic mass is 32.2. The van der Waals surface area contributed by atoms with Gasteiger partial charge in [-0.2, -0.15) is 5.10 Å². The second kappa shape index (κ2) is 5.93. The molecule has 19 heavy (non-hydrogen) atoms. The number of hydrogen-bond donors (Lipinski definition) is 3. The largest absolute Gasteiger partial charge is 0.478 e. The van der Waals surface area contributed by atoms with Gasteiger partial charge in [0.25, 0.3) is 0 Å². The molecule has 8 nitrogen and oxygen atoms in total. The summed E-state index contributed by atoms with van der Waals surface area (Å²) in [5.41, 5.74) is 1.03. The number of aromatic nitrogens is 2. The SMILES string of the molecule is CNS(=O)(=O)CCNc1nnc(C)c(C)c1C(=O)O. The van der Waals surface area contributed by atoms with E-state index in [0.717, 1.165) is 0 Å². The smallest absolute Gasteiger partial charge is 0.339 e. The van der Waals surface area contributed by atoms with Crippen LogP contribution in [-0.2, 0) is 10.0 Å². The van der Waals surface area contributed by atoms with Gasteiger partial charge in [-0.15, -0.1) is 5.10 Å². The van der Waals surface area contributed by atoms with E-state index in [0.29, 0.717) is 11.3 Å². The van der Waals surface area contributed by atoms with Crippen molar-refractivity contribution in [2.75, 3.05) is 24.7 Å². The van der Waals surface area contributed by atoms with Crippen LogP contribution in [0.3, 0.4) is 0 Å². The molecule has 0 radical (unpaired) electrons. The quantitative estimate of drug-likeness (QED) is 0.660. The van der Waals surface area contributed by atoms with Gasteiger partial charge in [0, 0.05) is 6.54 Å². The molecule has 106 valence electrons. The molecule has 0 aliphatic carbocycles. The standard InChI is InChI=1S/C10H16N4O4S/c1-6-7(2)13-14-9(8(6)10(15)16)12-4-5-19(17,18)11-3/h11H,4-5H2,1-3H3,(H,12,14)(H,15,16). The molecule has 0 aliphatic heterocycles. The highest BCUT2D eigenvalue weighted by Crippen LogP contribution is 2.17. The van der Waals surface area contributed by atoms with Crippen molar-refractivity contribution in [3.63, 3.8) is 0 Å². The number of aryl methyl sites for hydroxylation is 1. The van der Waals surface area contributed by atoms with E-state index in [4.69, 9.17) is 5.11 Å². The summed E-state index contributed by atoms with van der Waals surface area (Å²) in [7, 11) is -2.04. The number of nitrogens with one attached hydrogen (secondary N) is 2. The van der Waals surface area contributed by atoms with E-state index < -0.39 is 16.0 Å². The lowest BCUT2D eigenvalue weighted by molar-refractivity contribution is 0.0696. The van der Waals surface area contributed by atoms with Gasteiger partial charge in [-0.25, -0.2) is 17.9 Å². The van der Waals surface area contributed by atoms with E-state index in [1.165, 1.54) is 7.05 Å². The molecule has 1 aromatic rings. The summed E-state index contributed by atoms with van der Waals surface area (Å²) in [5, 5.41) is 19.4. The van der Waals surface area contributed by atoms with Crippen molar-refractivity contribution in [3.05, 3.63) is 16.8 Å². The Bertz CT molecular complexity index is 585. The Morgan fingerprint density at radius 3 is 2.47 bits per heavy atom. The number of aromatic carboxylic acids is 1. The molecule has 0 spiro atoms. The van der Waals surface area contributed by atoms with Gasteiger partial charge in [-0.3, -0.25) is 0 Å². The van der Waals surface area contributed by atoms with Crippen LogP contribution in [0.4, 0.5) is 5.82 Å². The molecule has 0 amide bonds. The fraction of sp³-hybridized carbons (Fsp3) is 0.500. The van der Waals surface area contributed by atoms with Crippen LogP contribution in [0.15, 0.2) is 0 Å². The zero-order valence-corrected chi connectivity index (χ0v) is 11.7. The van der Waals surface area contributed by atoms with Crippen LogP contribution in [0.2, 0.25) is 0 Å². The Hall–Kier alpha value is -1.74. The Balaban J connectivity index is 2.91. The highest BCUT2D eigenvalue weighted by Gasteiger charge is 2.18. The molecule has 3 N–H and O–H groups in total. The number of carboxylic acids is 1. The van der Waals surface area contributed by atoms with Crippen molar-refractivity contribution in [3.8, 4) is 0 Å². The molecule has 0 saturated carbocycles. The van der Waals surface area contributed by atoms with E-state index in [9.17, 15) is 13.2 Å². The number of anilines is 1. The molecule has 1 heterocycles.